The third kappa shape index (κ3) is 20.3. The van der Waals surface area contributed by atoms with Gasteiger partial charge in [0.05, 0.1) is 0 Å². The number of fused-ring (bicyclic) bond motifs is 2. The van der Waals surface area contributed by atoms with Gasteiger partial charge in [0.2, 0.25) is 0 Å². The van der Waals surface area contributed by atoms with E-state index in [2.05, 4.69) is 105 Å². The van der Waals surface area contributed by atoms with E-state index in [1.807, 2.05) is 19.9 Å². The van der Waals surface area contributed by atoms with Crippen molar-refractivity contribution in [3.8, 4) is 21.1 Å². The van der Waals surface area contributed by atoms with Crippen LogP contribution in [0.15, 0.2) is 60.7 Å². The van der Waals surface area contributed by atoms with Gasteiger partial charge in [0.25, 0.3) is 0 Å². The molecule has 0 aliphatic rings. The minimum absolute atomic E-state index is 0. The minimum atomic E-state index is -3.15. The molecule has 18 heteroatoms. The van der Waals surface area contributed by atoms with Crippen molar-refractivity contribution in [3.63, 3.8) is 0 Å². The molecule has 0 amide bonds. The van der Waals surface area contributed by atoms with Crippen LogP contribution in [0.1, 0.15) is 55.6 Å². The summed E-state index contributed by atoms with van der Waals surface area (Å²) in [6, 6.07) is 20.9. The first-order valence-electron chi connectivity index (χ1n) is 17.2. The Hall–Kier alpha value is 1.68. The summed E-state index contributed by atoms with van der Waals surface area (Å²) in [6.07, 6.45) is 1.49. The molecule has 0 fully saturated rings. The molecule has 2 aromatic carbocycles. The van der Waals surface area contributed by atoms with Gasteiger partial charge in [0, 0.05) is 16.8 Å². The SMILES string of the molecule is CC(C)CB(O)O.Cc1cc(C)cc(-c2nc3ccc(CC(C)C)nc3s2)c1.Cc1cc(C)cc(-c2nc3ccc(Cl)nc3s2)c1.O=[P+]([O-])O[O-].[K+].[K][K]. The van der Waals surface area contributed by atoms with Crippen LogP contribution in [-0.4, -0.2) is 100 Å². The first-order chi connectivity index (χ1) is 25.0. The van der Waals surface area contributed by atoms with E-state index in [4.69, 9.17) is 46.3 Å². The third-order valence-corrected chi connectivity index (χ3v) is 9.19. The molecule has 0 saturated carbocycles. The van der Waals surface area contributed by atoms with Crippen LogP contribution in [0.2, 0.25) is 11.5 Å². The van der Waals surface area contributed by atoms with Crippen molar-refractivity contribution in [3.05, 3.63) is 93.8 Å². The van der Waals surface area contributed by atoms with Crippen molar-refractivity contribution in [2.45, 2.75) is 68.1 Å². The van der Waals surface area contributed by atoms with Crippen molar-refractivity contribution in [2.24, 2.45) is 11.8 Å². The summed E-state index contributed by atoms with van der Waals surface area (Å²) >= 11 is 11.7. The number of halogens is 1. The Morgan fingerprint density at radius 1 is 0.759 bits per heavy atom. The van der Waals surface area contributed by atoms with Gasteiger partial charge >= 0.3 is 130 Å². The van der Waals surface area contributed by atoms with E-state index in [-0.39, 0.29) is 51.4 Å². The molecule has 10 nitrogen and oxygen atoms in total. The zero-order valence-corrected chi connectivity index (χ0v) is 45.5. The van der Waals surface area contributed by atoms with Gasteiger partial charge in [-0.05, 0) is 105 Å². The number of pyridine rings is 2. The normalized spacial score (nSPS) is 10.6. The standard InChI is InChI=1S/C18H20N2S.C14H11ClN2S.C4H11BO2.3K.HO4P/c1-11(2)7-15-5-6-16-18(19-15)21-17(20-16)14-9-12(3)8-13(4)10-14;1-8-5-9(2)7-10(6-8)13-16-11-3-4-12(15)17-14(11)18-13;1-4(2)3-5(6)7;;;;1-4-5(2)3/h5-6,8-11H,7H2,1-4H3;3-7H,1-2H3;4,6-7H,3H2,1-2H3;;;;1H/q;;;;;+1;/p-1. The van der Waals surface area contributed by atoms with Gasteiger partial charge in [0.15, 0.2) is 0 Å². The fraction of sp³-hybridized carbons (Fsp3) is 0.333. The first kappa shape index (κ1) is 53.7. The van der Waals surface area contributed by atoms with Crippen LogP contribution in [0, 0.1) is 39.5 Å². The van der Waals surface area contributed by atoms with Gasteiger partial charge in [-0.3, -0.25) is 0 Å². The number of rotatable bonds is 7. The summed E-state index contributed by atoms with van der Waals surface area (Å²) in [4.78, 5) is 29.2. The van der Waals surface area contributed by atoms with Crippen LogP contribution >= 0.6 is 42.5 Å². The Balaban J connectivity index is 0.000000400. The summed E-state index contributed by atoms with van der Waals surface area (Å²) in [7, 11) is -4.28. The number of hydrogen-bond donors (Lipinski definition) is 2. The van der Waals surface area contributed by atoms with E-state index in [1.165, 1.54) is 91.0 Å². The summed E-state index contributed by atoms with van der Waals surface area (Å²) in [6.45, 7) is 16.8. The average Bonchev–Trinajstić information content (AvgIpc) is 3.69. The van der Waals surface area contributed by atoms with Crippen molar-refractivity contribution in [2.75, 3.05) is 0 Å². The molecule has 0 aliphatic carbocycles. The van der Waals surface area contributed by atoms with Crippen LogP contribution < -0.4 is 61.5 Å². The van der Waals surface area contributed by atoms with Gasteiger partial charge in [-0.2, -0.15) is 0 Å². The van der Waals surface area contributed by atoms with Crippen LogP contribution in [0.5, 0.6) is 0 Å². The molecule has 272 valence electrons. The van der Waals surface area contributed by atoms with Crippen molar-refractivity contribution >= 4 is 133 Å². The van der Waals surface area contributed by atoms with E-state index in [0.29, 0.717) is 23.3 Å². The second-order valence-corrected chi connectivity index (χ2v) is 15.8. The maximum atomic E-state index is 8.87. The van der Waals surface area contributed by atoms with Crippen LogP contribution in [-0.2, 0) is 15.7 Å². The quantitative estimate of drug-likeness (QED) is 0.0770. The Bertz CT molecular complexity index is 2030. The fourth-order valence-corrected chi connectivity index (χ4v) is 7.11. The zero-order chi connectivity index (χ0) is 39.8. The molecular formula is C36H42BClK3N4O6PS2. The number of thiazole rings is 2. The number of aryl methyl sites for hydroxylation is 4. The Kier molecular flexibility index (Phi) is 28.1. The molecular weight excluding hydrogens is 843 g/mol. The molecule has 6 rings (SSSR count). The van der Waals surface area contributed by atoms with E-state index in [1.54, 1.807) is 28.7 Å². The zero-order valence-electron chi connectivity index (χ0n) is 32.9. The molecule has 4 heterocycles. The number of nitrogens with zero attached hydrogens (tertiary/aromatic N) is 4. The molecule has 54 heavy (non-hydrogen) atoms. The van der Waals surface area contributed by atoms with E-state index in [9.17, 15) is 0 Å². The van der Waals surface area contributed by atoms with Crippen LogP contribution in [0.25, 0.3) is 41.8 Å². The van der Waals surface area contributed by atoms with Gasteiger partial charge in [-0.15, -0.1) is 0 Å². The van der Waals surface area contributed by atoms with Crippen molar-refractivity contribution < 1.29 is 80.8 Å². The molecule has 0 aliphatic heterocycles. The predicted molar refractivity (Wildman–Crippen MR) is 218 cm³/mol. The maximum absolute atomic E-state index is 8.87. The first-order valence-corrected chi connectivity index (χ1v) is 36.3. The molecule has 6 aromatic rings. The molecule has 0 spiro atoms. The molecule has 1 atom stereocenters. The molecule has 0 bridgehead atoms. The third-order valence-electron chi connectivity index (χ3n) is 6.83. The topological polar surface area (TPSA) is 164 Å². The molecule has 0 saturated heterocycles. The second-order valence-electron chi connectivity index (χ2n) is 12.9. The second kappa shape index (κ2) is 28.3. The summed E-state index contributed by atoms with van der Waals surface area (Å²) < 4.78 is 11.3. The van der Waals surface area contributed by atoms with Crippen molar-refractivity contribution in [1.29, 1.82) is 0 Å². The molecule has 4 aromatic heterocycles. The van der Waals surface area contributed by atoms with Crippen LogP contribution in [0.4, 0.5) is 0 Å². The molecule has 1 unspecified atom stereocenters. The van der Waals surface area contributed by atoms with E-state index < -0.39 is 15.4 Å². The number of benzene rings is 2. The van der Waals surface area contributed by atoms with Crippen molar-refractivity contribution in [1.82, 2.24) is 19.9 Å². The van der Waals surface area contributed by atoms with Gasteiger partial charge in [0.1, 0.15) is 35.9 Å². The summed E-state index contributed by atoms with van der Waals surface area (Å²) in [5, 5.41) is 27.7. The summed E-state index contributed by atoms with van der Waals surface area (Å²) in [5.74, 6) is 1.00. The van der Waals surface area contributed by atoms with Gasteiger partial charge < -0.3 is 20.2 Å². The Labute approximate surface area is 420 Å². The Morgan fingerprint density at radius 3 is 1.52 bits per heavy atom. The van der Waals surface area contributed by atoms with E-state index in [0.717, 1.165) is 48.4 Å². The Morgan fingerprint density at radius 2 is 1.17 bits per heavy atom. The number of hydrogen-bond acceptors (Lipinski definition) is 12. The van der Waals surface area contributed by atoms with Crippen LogP contribution in [0.3, 0.4) is 0 Å². The fourth-order valence-electron chi connectivity index (χ4n) is 5.05. The summed E-state index contributed by atoms with van der Waals surface area (Å²) in [5.41, 5.74) is 10.4. The average molecular weight is 885 g/mol. The van der Waals surface area contributed by atoms with Gasteiger partial charge in [-0.25, -0.2) is 24.6 Å². The predicted octanol–water partition coefficient (Wildman–Crippen LogP) is 4.46. The molecule has 0 radical (unpaired) electrons. The number of aromatic nitrogens is 4. The van der Waals surface area contributed by atoms with E-state index >= 15 is 0 Å². The van der Waals surface area contributed by atoms with Gasteiger partial charge in [-0.1, -0.05) is 96.4 Å². The molecule has 2 N–H and O–H groups in total. The monoisotopic (exact) mass is 884 g/mol.